The van der Waals surface area contributed by atoms with Crippen molar-refractivity contribution in [2.24, 2.45) is 0 Å². The van der Waals surface area contributed by atoms with E-state index in [-0.39, 0.29) is 11.5 Å². The van der Waals surface area contributed by atoms with E-state index in [1.807, 2.05) is 0 Å². The zero-order chi connectivity index (χ0) is 11.5. The molecule has 0 aliphatic rings. The molecule has 0 unspecified atom stereocenters. The van der Waals surface area contributed by atoms with Crippen molar-refractivity contribution in [3.63, 3.8) is 0 Å². The fourth-order valence-corrected chi connectivity index (χ4v) is 1.32. The molecule has 0 spiro atoms. The molecule has 0 saturated carbocycles. The molecule has 1 heterocycles. The molecule has 2 aromatic rings. The lowest BCUT2D eigenvalue weighted by molar-refractivity contribution is 0.617. The third-order valence-electron chi connectivity index (χ3n) is 2.12. The van der Waals surface area contributed by atoms with Crippen LogP contribution in [0.2, 0.25) is 0 Å². The molecule has 4 heteroatoms. The first kappa shape index (κ1) is 10.2. The molecule has 2 rings (SSSR count). The number of hydrogen-bond donors (Lipinski definition) is 0. The van der Waals surface area contributed by atoms with Crippen LogP contribution in [0.4, 0.5) is 8.78 Å². The Morgan fingerprint density at radius 1 is 1.06 bits per heavy atom. The summed E-state index contributed by atoms with van der Waals surface area (Å²) in [5.41, 5.74) is 0.916. The van der Waals surface area contributed by atoms with Crippen LogP contribution in [0.3, 0.4) is 0 Å². The first-order valence-electron chi connectivity index (χ1n) is 4.52. The number of halogens is 2. The molecule has 0 saturated heterocycles. The fraction of sp³-hybridized carbons (Fsp3) is 0. The number of hydrogen-bond acceptors (Lipinski definition) is 2. The Kier molecular flexibility index (Phi) is 2.61. The van der Waals surface area contributed by atoms with Crippen molar-refractivity contribution in [3.05, 3.63) is 53.9 Å². The molecule has 1 aromatic carbocycles. The molecule has 0 atom stereocenters. The van der Waals surface area contributed by atoms with Crippen molar-refractivity contribution in [3.8, 4) is 17.2 Å². The van der Waals surface area contributed by atoms with E-state index >= 15 is 0 Å². The molecule has 0 bridgehead atoms. The van der Waals surface area contributed by atoms with Crippen molar-refractivity contribution in [2.45, 2.75) is 0 Å². The molecule has 0 aliphatic carbocycles. The number of nitriles is 1. The van der Waals surface area contributed by atoms with Gasteiger partial charge in [0.25, 0.3) is 0 Å². The zero-order valence-corrected chi connectivity index (χ0v) is 8.11. The average molecular weight is 216 g/mol. The topological polar surface area (TPSA) is 36.7 Å². The van der Waals surface area contributed by atoms with Crippen LogP contribution in [0.5, 0.6) is 0 Å². The third kappa shape index (κ3) is 1.89. The van der Waals surface area contributed by atoms with Crippen LogP contribution in [0.25, 0.3) is 11.1 Å². The second-order valence-corrected chi connectivity index (χ2v) is 3.17. The summed E-state index contributed by atoms with van der Waals surface area (Å²) in [6.07, 6.45) is 1.38. The standard InChI is InChI=1S/C12H6F2N2/c13-10-3-1-8(2-4-10)9-5-11(14)12(6-15)16-7-9/h1-5,7H. The largest absolute Gasteiger partial charge is 0.242 e. The highest BCUT2D eigenvalue weighted by molar-refractivity contribution is 5.62. The van der Waals surface area contributed by atoms with E-state index in [4.69, 9.17) is 5.26 Å². The lowest BCUT2D eigenvalue weighted by Gasteiger charge is -2.01. The summed E-state index contributed by atoms with van der Waals surface area (Å²) < 4.78 is 25.9. The quantitative estimate of drug-likeness (QED) is 0.734. The molecule has 0 amide bonds. The average Bonchev–Trinajstić information content (AvgIpc) is 2.30. The molecule has 0 fully saturated rings. The fourth-order valence-electron chi connectivity index (χ4n) is 1.32. The molecule has 0 N–H and O–H groups in total. The van der Waals surface area contributed by atoms with Gasteiger partial charge in [-0.3, -0.25) is 0 Å². The summed E-state index contributed by atoms with van der Waals surface area (Å²) >= 11 is 0. The van der Waals surface area contributed by atoms with Crippen LogP contribution in [-0.4, -0.2) is 4.98 Å². The highest BCUT2D eigenvalue weighted by atomic mass is 19.1. The van der Waals surface area contributed by atoms with Gasteiger partial charge in [0.15, 0.2) is 11.5 Å². The molecule has 0 radical (unpaired) electrons. The predicted octanol–water partition coefficient (Wildman–Crippen LogP) is 2.90. The van der Waals surface area contributed by atoms with Gasteiger partial charge in [0.05, 0.1) is 0 Å². The molecule has 0 aliphatic heterocycles. The van der Waals surface area contributed by atoms with Gasteiger partial charge in [-0.25, -0.2) is 13.8 Å². The molecule has 2 nitrogen and oxygen atoms in total. The van der Waals surface area contributed by atoms with Crippen molar-refractivity contribution in [2.75, 3.05) is 0 Å². The van der Waals surface area contributed by atoms with E-state index in [0.717, 1.165) is 0 Å². The van der Waals surface area contributed by atoms with Gasteiger partial charge in [0.1, 0.15) is 11.9 Å². The van der Waals surface area contributed by atoms with Gasteiger partial charge in [0.2, 0.25) is 0 Å². The van der Waals surface area contributed by atoms with Crippen LogP contribution in [0.1, 0.15) is 5.69 Å². The first-order valence-corrected chi connectivity index (χ1v) is 4.52. The van der Waals surface area contributed by atoms with E-state index in [9.17, 15) is 8.78 Å². The summed E-state index contributed by atoms with van der Waals surface area (Å²) in [6, 6.07) is 8.46. The zero-order valence-electron chi connectivity index (χ0n) is 8.11. The van der Waals surface area contributed by atoms with E-state index in [2.05, 4.69) is 4.98 Å². The van der Waals surface area contributed by atoms with Crippen molar-refractivity contribution < 1.29 is 8.78 Å². The summed E-state index contributed by atoms with van der Waals surface area (Å²) in [5, 5.41) is 8.51. The SMILES string of the molecule is N#Cc1ncc(-c2ccc(F)cc2)cc1F. The minimum Gasteiger partial charge on any atom is -0.242 e. The maximum absolute atomic E-state index is 13.3. The number of aromatic nitrogens is 1. The van der Waals surface area contributed by atoms with Crippen LogP contribution in [0.15, 0.2) is 36.5 Å². The van der Waals surface area contributed by atoms with Gasteiger partial charge in [-0.2, -0.15) is 5.26 Å². The van der Waals surface area contributed by atoms with Gasteiger partial charge in [0, 0.05) is 11.8 Å². The number of nitrogens with zero attached hydrogens (tertiary/aromatic N) is 2. The Morgan fingerprint density at radius 3 is 2.31 bits per heavy atom. The highest BCUT2D eigenvalue weighted by Crippen LogP contribution is 2.20. The monoisotopic (exact) mass is 216 g/mol. The van der Waals surface area contributed by atoms with E-state index in [1.165, 1.54) is 36.5 Å². The number of rotatable bonds is 1. The Morgan fingerprint density at radius 2 is 1.75 bits per heavy atom. The summed E-state index contributed by atoms with van der Waals surface area (Å²) in [4.78, 5) is 3.67. The van der Waals surface area contributed by atoms with Crippen LogP contribution >= 0.6 is 0 Å². The minimum absolute atomic E-state index is 0.245. The Bertz CT molecular complexity index is 556. The number of benzene rings is 1. The number of pyridine rings is 1. The molecule has 16 heavy (non-hydrogen) atoms. The van der Waals surface area contributed by atoms with Crippen LogP contribution in [0, 0.1) is 23.0 Å². The molecular weight excluding hydrogens is 210 g/mol. The van der Waals surface area contributed by atoms with Crippen LogP contribution in [-0.2, 0) is 0 Å². The highest BCUT2D eigenvalue weighted by Gasteiger charge is 2.05. The van der Waals surface area contributed by atoms with E-state index in [1.54, 1.807) is 6.07 Å². The Labute approximate surface area is 90.8 Å². The maximum atomic E-state index is 13.3. The first-order chi connectivity index (χ1) is 7.70. The van der Waals surface area contributed by atoms with Crippen molar-refractivity contribution in [1.29, 1.82) is 5.26 Å². The lowest BCUT2D eigenvalue weighted by Crippen LogP contribution is -1.90. The van der Waals surface area contributed by atoms with Gasteiger partial charge in [-0.05, 0) is 23.8 Å². The minimum atomic E-state index is -0.677. The summed E-state index contributed by atoms with van der Waals surface area (Å²) in [7, 11) is 0. The normalized spacial score (nSPS) is 9.81. The Balaban J connectivity index is 2.46. The second kappa shape index (κ2) is 4.07. The van der Waals surface area contributed by atoms with E-state index in [0.29, 0.717) is 11.1 Å². The molecular formula is C12H6F2N2. The van der Waals surface area contributed by atoms with Crippen LogP contribution < -0.4 is 0 Å². The summed E-state index contributed by atoms with van der Waals surface area (Å²) in [6.45, 7) is 0. The van der Waals surface area contributed by atoms with E-state index < -0.39 is 5.82 Å². The second-order valence-electron chi connectivity index (χ2n) is 3.17. The predicted molar refractivity (Wildman–Crippen MR) is 54.3 cm³/mol. The third-order valence-corrected chi connectivity index (χ3v) is 2.12. The van der Waals surface area contributed by atoms with Gasteiger partial charge in [-0.1, -0.05) is 12.1 Å². The van der Waals surface area contributed by atoms with Gasteiger partial charge in [-0.15, -0.1) is 0 Å². The smallest absolute Gasteiger partial charge is 0.176 e. The van der Waals surface area contributed by atoms with Gasteiger partial charge >= 0.3 is 0 Å². The van der Waals surface area contributed by atoms with Gasteiger partial charge < -0.3 is 0 Å². The maximum Gasteiger partial charge on any atom is 0.176 e. The molecule has 78 valence electrons. The molecule has 1 aromatic heterocycles. The van der Waals surface area contributed by atoms with Crippen molar-refractivity contribution in [1.82, 2.24) is 4.98 Å². The summed E-state index contributed by atoms with van der Waals surface area (Å²) in [5.74, 6) is -1.03. The lowest BCUT2D eigenvalue weighted by atomic mass is 10.1. The Hall–Kier alpha value is -2.28. The van der Waals surface area contributed by atoms with Crippen molar-refractivity contribution >= 4 is 0 Å².